The molecule has 55 heavy (non-hydrogen) atoms. The van der Waals surface area contributed by atoms with Gasteiger partial charge in [-0.25, -0.2) is 0 Å². The molecule has 290 valence electrons. The Bertz CT molecular complexity index is 1760. The Hall–Kier alpha value is -3.95. The summed E-state index contributed by atoms with van der Waals surface area (Å²) in [7, 11) is -5.71. The number of benzene rings is 4. The van der Waals surface area contributed by atoms with Crippen molar-refractivity contribution in [3.8, 4) is 23.7 Å². The largest absolute Gasteiger partial charge is 0.402 e. The van der Waals surface area contributed by atoms with Crippen LogP contribution in [-0.4, -0.2) is 40.1 Å². The summed E-state index contributed by atoms with van der Waals surface area (Å²) in [6.45, 7) is 20.0. The van der Waals surface area contributed by atoms with E-state index in [1.54, 1.807) is 6.08 Å². The van der Waals surface area contributed by atoms with Crippen LogP contribution in [-0.2, 0) is 8.85 Å². The molecule has 3 nitrogen and oxygen atoms in total. The minimum Gasteiger partial charge on any atom is -0.402 e. The average Bonchev–Trinajstić information content (AvgIpc) is 3.18. The fraction of sp³-hybridized carbons (Fsp3) is 0.400. The molecule has 0 unspecified atom stereocenters. The monoisotopic (exact) mass is 768 g/mol. The smallest absolute Gasteiger partial charge is 0.263 e. The third-order valence-electron chi connectivity index (χ3n) is 10.6. The molecule has 0 aromatic heterocycles. The van der Waals surface area contributed by atoms with Crippen LogP contribution in [0.1, 0.15) is 99.8 Å². The second kappa shape index (κ2) is 20.8. The fourth-order valence-corrected chi connectivity index (χ4v) is 17.1. The first kappa shape index (κ1) is 43.8. The van der Waals surface area contributed by atoms with Gasteiger partial charge in [0.2, 0.25) is 0 Å². The van der Waals surface area contributed by atoms with Crippen molar-refractivity contribution in [2.24, 2.45) is 0 Å². The first-order chi connectivity index (χ1) is 26.4. The number of aliphatic hydroxyl groups excluding tert-OH is 1. The van der Waals surface area contributed by atoms with Gasteiger partial charge in [-0.1, -0.05) is 233 Å². The SMILES string of the molecule is C=C[C@H](C#CC#CC[C@@H](O)[C@@H](CCCCCCCC)O[Si](c1ccccc1)(c1ccccc1)C(C)(C)C)O[Si](c1ccccc1)(c1ccccc1)C(C)(C)C. The van der Waals surface area contributed by atoms with E-state index in [-0.39, 0.29) is 22.6 Å². The molecule has 0 aliphatic rings. The molecule has 0 bridgehead atoms. The van der Waals surface area contributed by atoms with Crippen LogP contribution >= 0.6 is 0 Å². The van der Waals surface area contributed by atoms with Gasteiger partial charge in [-0.15, -0.1) is 0 Å². The molecule has 0 aliphatic carbocycles. The van der Waals surface area contributed by atoms with Gasteiger partial charge in [-0.3, -0.25) is 0 Å². The van der Waals surface area contributed by atoms with Crippen molar-refractivity contribution >= 4 is 37.4 Å². The lowest BCUT2D eigenvalue weighted by atomic mass is 10.0. The van der Waals surface area contributed by atoms with E-state index in [2.05, 4.69) is 188 Å². The third-order valence-corrected chi connectivity index (χ3v) is 20.7. The summed E-state index contributed by atoms with van der Waals surface area (Å²) in [4.78, 5) is 0. The Morgan fingerprint density at radius 2 is 1.00 bits per heavy atom. The Morgan fingerprint density at radius 1 is 0.600 bits per heavy atom. The summed E-state index contributed by atoms with van der Waals surface area (Å²) in [5, 5.41) is 16.3. The highest BCUT2D eigenvalue weighted by atomic mass is 28.4. The molecular formula is C50H64O3Si2. The van der Waals surface area contributed by atoms with E-state index in [1.807, 2.05) is 12.1 Å². The second-order valence-electron chi connectivity index (χ2n) is 16.7. The number of aliphatic hydroxyl groups is 1. The summed E-state index contributed by atoms with van der Waals surface area (Å²) < 4.78 is 14.7. The third kappa shape index (κ3) is 11.1. The van der Waals surface area contributed by atoms with Gasteiger partial charge in [0.25, 0.3) is 16.6 Å². The van der Waals surface area contributed by atoms with E-state index >= 15 is 0 Å². The van der Waals surface area contributed by atoms with Gasteiger partial charge in [-0.05, 0) is 49.1 Å². The van der Waals surface area contributed by atoms with Crippen molar-refractivity contribution in [2.45, 2.75) is 128 Å². The molecule has 0 amide bonds. The predicted octanol–water partition coefficient (Wildman–Crippen LogP) is 9.57. The standard InChI is InChI=1S/C50H64O3Si2/c1-9-11-12-13-14-30-41-48(53-55(50(6,7)8,45-36-25-18-26-37-45)46-38-27-19-28-39-46)47(51)40-29-15-20-31-42(10-2)52-54(49(3,4)5,43-32-21-16-22-33-43)44-34-23-17-24-35-44/h10,16-19,21-28,32-39,42,47-48,51H,2,9,11-14,30,40-41H2,1,3-8H3/t42-,47-,48-/m1/s1. The molecule has 3 atom stereocenters. The van der Waals surface area contributed by atoms with Crippen LogP contribution in [0.4, 0.5) is 0 Å². The number of hydrogen-bond acceptors (Lipinski definition) is 3. The Kier molecular flexibility index (Phi) is 16.6. The summed E-state index contributed by atoms with van der Waals surface area (Å²) in [5.74, 6) is 12.6. The lowest BCUT2D eigenvalue weighted by Gasteiger charge is -2.46. The van der Waals surface area contributed by atoms with Gasteiger partial charge in [0.1, 0.15) is 6.10 Å². The molecule has 0 aliphatic heterocycles. The maximum absolute atomic E-state index is 11.9. The first-order valence-corrected chi connectivity index (χ1v) is 24.1. The topological polar surface area (TPSA) is 38.7 Å². The van der Waals surface area contributed by atoms with E-state index in [9.17, 15) is 5.11 Å². The summed E-state index contributed by atoms with van der Waals surface area (Å²) >= 11 is 0. The van der Waals surface area contributed by atoms with Crippen LogP contribution in [0.15, 0.2) is 134 Å². The molecule has 1 N–H and O–H groups in total. The van der Waals surface area contributed by atoms with E-state index in [1.165, 1.54) is 46.4 Å². The number of rotatable bonds is 18. The molecule has 0 heterocycles. The van der Waals surface area contributed by atoms with Crippen molar-refractivity contribution in [3.63, 3.8) is 0 Å². The summed E-state index contributed by atoms with van der Waals surface area (Å²) in [6.07, 6.45) is 8.19. The Balaban J connectivity index is 1.63. The Labute approximate surface area is 335 Å². The van der Waals surface area contributed by atoms with Crippen LogP contribution in [0.5, 0.6) is 0 Å². The van der Waals surface area contributed by atoms with Crippen molar-refractivity contribution in [1.82, 2.24) is 0 Å². The van der Waals surface area contributed by atoms with Crippen LogP contribution in [0, 0.1) is 23.7 Å². The van der Waals surface area contributed by atoms with E-state index in [4.69, 9.17) is 8.85 Å². The van der Waals surface area contributed by atoms with Crippen LogP contribution in [0.2, 0.25) is 10.1 Å². The van der Waals surface area contributed by atoms with Gasteiger partial charge in [0, 0.05) is 6.42 Å². The maximum atomic E-state index is 11.9. The minimum atomic E-state index is -2.89. The van der Waals surface area contributed by atoms with Crippen molar-refractivity contribution in [3.05, 3.63) is 134 Å². The highest BCUT2D eigenvalue weighted by Crippen LogP contribution is 2.39. The van der Waals surface area contributed by atoms with Crippen molar-refractivity contribution in [2.75, 3.05) is 0 Å². The number of hydrogen-bond donors (Lipinski definition) is 1. The van der Waals surface area contributed by atoms with Crippen molar-refractivity contribution < 1.29 is 14.0 Å². The molecule has 4 aromatic carbocycles. The molecule has 4 aromatic rings. The van der Waals surface area contributed by atoms with E-state index < -0.39 is 28.8 Å². The second-order valence-corrected chi connectivity index (χ2v) is 25.2. The average molecular weight is 769 g/mol. The molecule has 0 fully saturated rings. The highest BCUT2D eigenvalue weighted by molar-refractivity contribution is 7.00. The van der Waals surface area contributed by atoms with Gasteiger partial charge in [-0.2, -0.15) is 0 Å². The van der Waals surface area contributed by atoms with Crippen LogP contribution in [0.25, 0.3) is 0 Å². The molecule has 5 heteroatoms. The molecule has 0 spiro atoms. The highest BCUT2D eigenvalue weighted by Gasteiger charge is 2.52. The lowest BCUT2D eigenvalue weighted by molar-refractivity contribution is 0.0269. The van der Waals surface area contributed by atoms with Gasteiger partial charge >= 0.3 is 0 Å². The molecule has 4 rings (SSSR count). The minimum absolute atomic E-state index is 0.190. The van der Waals surface area contributed by atoms with Crippen LogP contribution in [0.3, 0.4) is 0 Å². The molecule has 0 radical (unpaired) electrons. The van der Waals surface area contributed by atoms with E-state index in [0.717, 1.165) is 19.3 Å². The molecule has 0 saturated carbocycles. The predicted molar refractivity (Wildman–Crippen MR) is 239 cm³/mol. The zero-order valence-electron chi connectivity index (χ0n) is 34.5. The maximum Gasteiger partial charge on any atom is 0.263 e. The zero-order chi connectivity index (χ0) is 39.8. The van der Waals surface area contributed by atoms with Gasteiger partial charge in [0.15, 0.2) is 0 Å². The van der Waals surface area contributed by atoms with E-state index in [0.29, 0.717) is 0 Å². The van der Waals surface area contributed by atoms with Crippen LogP contribution < -0.4 is 20.7 Å². The Morgan fingerprint density at radius 3 is 1.40 bits per heavy atom. The lowest BCUT2D eigenvalue weighted by Crippen LogP contribution is -2.68. The summed E-state index contributed by atoms with van der Waals surface area (Å²) in [5.41, 5.74) is 0. The zero-order valence-corrected chi connectivity index (χ0v) is 36.5. The first-order valence-electron chi connectivity index (χ1n) is 20.3. The fourth-order valence-electron chi connectivity index (χ4n) is 7.83. The quantitative estimate of drug-likeness (QED) is 0.0475. The van der Waals surface area contributed by atoms with Gasteiger partial charge < -0.3 is 14.0 Å². The number of unbranched alkanes of at least 4 members (excludes halogenated alkanes) is 5. The summed E-state index contributed by atoms with van der Waals surface area (Å²) in [6, 6.07) is 42.5. The van der Waals surface area contributed by atoms with Crippen molar-refractivity contribution in [1.29, 1.82) is 0 Å². The molecular weight excluding hydrogens is 705 g/mol. The molecule has 0 saturated heterocycles. The normalized spacial score (nSPS) is 13.7. The van der Waals surface area contributed by atoms with Gasteiger partial charge in [0.05, 0.1) is 12.2 Å².